The van der Waals surface area contributed by atoms with Crippen molar-refractivity contribution in [2.45, 2.75) is 6.61 Å². The highest BCUT2D eigenvalue weighted by Gasteiger charge is 2.13. The summed E-state index contributed by atoms with van der Waals surface area (Å²) in [5.41, 5.74) is 1.96. The minimum absolute atomic E-state index is 0.175. The van der Waals surface area contributed by atoms with Gasteiger partial charge in [-0.1, -0.05) is 30.3 Å². The standard InChI is InChI=1S/C19H17N3O3/c1-22-12-11-20-18(22)17(23)15-7-9-16(10-8-15)21-19(24)25-13-14-5-3-2-4-6-14/h2-12H,13H2,1H3,(H,21,24). The third-order valence-corrected chi connectivity index (χ3v) is 3.63. The molecular weight excluding hydrogens is 318 g/mol. The van der Waals surface area contributed by atoms with Gasteiger partial charge in [-0.15, -0.1) is 0 Å². The molecule has 0 saturated carbocycles. The average molecular weight is 335 g/mol. The number of nitrogens with zero attached hydrogens (tertiary/aromatic N) is 2. The van der Waals surface area contributed by atoms with Crippen LogP contribution in [0.5, 0.6) is 0 Å². The fourth-order valence-corrected chi connectivity index (χ4v) is 2.30. The highest BCUT2D eigenvalue weighted by atomic mass is 16.5. The third kappa shape index (κ3) is 4.11. The Morgan fingerprint density at radius 3 is 2.44 bits per heavy atom. The first-order chi connectivity index (χ1) is 12.1. The van der Waals surface area contributed by atoms with Crippen LogP contribution in [0.1, 0.15) is 21.7 Å². The SMILES string of the molecule is Cn1ccnc1C(=O)c1ccc(NC(=O)OCc2ccccc2)cc1. The molecule has 1 amide bonds. The summed E-state index contributed by atoms with van der Waals surface area (Å²) in [5, 5.41) is 2.63. The van der Waals surface area contributed by atoms with Gasteiger partial charge in [0.2, 0.25) is 5.78 Å². The van der Waals surface area contributed by atoms with E-state index in [0.29, 0.717) is 17.1 Å². The Morgan fingerprint density at radius 1 is 1.08 bits per heavy atom. The number of carbonyl (C=O) groups is 2. The van der Waals surface area contributed by atoms with E-state index in [1.54, 1.807) is 48.3 Å². The number of carbonyl (C=O) groups excluding carboxylic acids is 2. The van der Waals surface area contributed by atoms with Crippen LogP contribution in [-0.2, 0) is 18.4 Å². The lowest BCUT2D eigenvalue weighted by atomic mass is 10.1. The second-order valence-electron chi connectivity index (χ2n) is 5.45. The Kier molecular flexibility index (Phi) is 4.89. The van der Waals surface area contributed by atoms with E-state index in [1.807, 2.05) is 30.3 Å². The van der Waals surface area contributed by atoms with Gasteiger partial charge in [0.1, 0.15) is 6.61 Å². The number of aryl methyl sites for hydroxylation is 1. The molecule has 3 rings (SSSR count). The number of hydrogen-bond acceptors (Lipinski definition) is 4. The molecule has 1 heterocycles. The molecule has 3 aromatic rings. The molecule has 25 heavy (non-hydrogen) atoms. The summed E-state index contributed by atoms with van der Waals surface area (Å²) >= 11 is 0. The van der Waals surface area contributed by atoms with Gasteiger partial charge < -0.3 is 9.30 Å². The molecule has 6 nitrogen and oxygen atoms in total. The Bertz CT molecular complexity index is 870. The summed E-state index contributed by atoms with van der Waals surface area (Å²) in [6.07, 6.45) is 2.74. The van der Waals surface area contributed by atoms with Gasteiger partial charge in [-0.3, -0.25) is 10.1 Å². The fraction of sp³-hybridized carbons (Fsp3) is 0.105. The fourth-order valence-electron chi connectivity index (χ4n) is 2.30. The molecule has 1 aromatic heterocycles. The smallest absolute Gasteiger partial charge is 0.411 e. The zero-order chi connectivity index (χ0) is 17.6. The van der Waals surface area contributed by atoms with Crippen molar-refractivity contribution in [2.24, 2.45) is 7.05 Å². The van der Waals surface area contributed by atoms with Crippen LogP contribution in [0.2, 0.25) is 0 Å². The first-order valence-corrected chi connectivity index (χ1v) is 7.73. The van der Waals surface area contributed by atoms with E-state index in [1.165, 1.54) is 0 Å². The number of imidazole rings is 1. The minimum Gasteiger partial charge on any atom is -0.444 e. The van der Waals surface area contributed by atoms with Crippen LogP contribution < -0.4 is 5.32 Å². The first-order valence-electron chi connectivity index (χ1n) is 7.73. The highest BCUT2D eigenvalue weighted by Crippen LogP contribution is 2.13. The molecule has 0 bridgehead atoms. The molecule has 0 saturated heterocycles. The average Bonchev–Trinajstić information content (AvgIpc) is 3.07. The maximum atomic E-state index is 12.3. The molecule has 0 unspecified atom stereocenters. The molecule has 0 fully saturated rings. The highest BCUT2D eigenvalue weighted by molar-refractivity contribution is 6.07. The lowest BCUT2D eigenvalue weighted by Crippen LogP contribution is -2.14. The number of anilines is 1. The molecule has 6 heteroatoms. The van der Waals surface area contributed by atoms with Crippen molar-refractivity contribution in [3.05, 3.63) is 83.9 Å². The van der Waals surface area contributed by atoms with Gasteiger partial charge in [-0.2, -0.15) is 0 Å². The topological polar surface area (TPSA) is 73.2 Å². The number of benzene rings is 2. The van der Waals surface area contributed by atoms with Crippen molar-refractivity contribution in [1.82, 2.24) is 9.55 Å². The second kappa shape index (κ2) is 7.44. The predicted octanol–water partition coefficient (Wildman–Crippen LogP) is 3.40. The van der Waals surface area contributed by atoms with Crippen LogP contribution in [0.3, 0.4) is 0 Å². The van der Waals surface area contributed by atoms with Crippen molar-refractivity contribution >= 4 is 17.6 Å². The van der Waals surface area contributed by atoms with Crippen molar-refractivity contribution in [3.8, 4) is 0 Å². The number of nitrogens with one attached hydrogen (secondary N) is 1. The van der Waals surface area contributed by atoms with Crippen molar-refractivity contribution in [3.63, 3.8) is 0 Å². The molecule has 1 N–H and O–H groups in total. The van der Waals surface area contributed by atoms with E-state index in [9.17, 15) is 9.59 Å². The van der Waals surface area contributed by atoms with E-state index >= 15 is 0 Å². The van der Waals surface area contributed by atoms with Gasteiger partial charge in [0.25, 0.3) is 0 Å². The summed E-state index contributed by atoms with van der Waals surface area (Å²) in [7, 11) is 1.76. The molecule has 0 atom stereocenters. The first kappa shape index (κ1) is 16.4. The van der Waals surface area contributed by atoms with Gasteiger partial charge in [-0.25, -0.2) is 9.78 Å². The number of amides is 1. The van der Waals surface area contributed by atoms with Crippen molar-refractivity contribution in [2.75, 3.05) is 5.32 Å². The van der Waals surface area contributed by atoms with Crippen LogP contribution in [0.4, 0.5) is 10.5 Å². The molecule has 0 aliphatic carbocycles. The number of rotatable bonds is 5. The molecule has 0 spiro atoms. The summed E-state index contributed by atoms with van der Waals surface area (Å²) in [4.78, 5) is 28.2. The molecular formula is C19H17N3O3. The molecule has 0 radical (unpaired) electrons. The number of aromatic nitrogens is 2. The lowest BCUT2D eigenvalue weighted by molar-refractivity contribution is 0.102. The van der Waals surface area contributed by atoms with Crippen LogP contribution in [0.25, 0.3) is 0 Å². The Balaban J connectivity index is 1.58. The van der Waals surface area contributed by atoms with Crippen molar-refractivity contribution < 1.29 is 14.3 Å². The normalized spacial score (nSPS) is 10.3. The molecule has 2 aromatic carbocycles. The van der Waals surface area contributed by atoms with Gasteiger partial charge >= 0.3 is 6.09 Å². The second-order valence-corrected chi connectivity index (χ2v) is 5.45. The Morgan fingerprint density at radius 2 is 1.80 bits per heavy atom. The van der Waals surface area contributed by atoms with Crippen LogP contribution >= 0.6 is 0 Å². The largest absolute Gasteiger partial charge is 0.444 e. The zero-order valence-electron chi connectivity index (χ0n) is 13.7. The quantitative estimate of drug-likeness (QED) is 0.725. The molecule has 0 aliphatic heterocycles. The maximum Gasteiger partial charge on any atom is 0.411 e. The van der Waals surface area contributed by atoms with Crippen LogP contribution in [-0.4, -0.2) is 21.4 Å². The van der Waals surface area contributed by atoms with E-state index in [4.69, 9.17) is 4.74 Å². The third-order valence-electron chi connectivity index (χ3n) is 3.63. The van der Waals surface area contributed by atoms with Gasteiger partial charge in [-0.05, 0) is 29.8 Å². The van der Waals surface area contributed by atoms with Gasteiger partial charge in [0.05, 0.1) is 0 Å². The summed E-state index contributed by atoms with van der Waals surface area (Å²) in [5.74, 6) is 0.189. The number of hydrogen-bond donors (Lipinski definition) is 1. The molecule has 0 aliphatic rings. The minimum atomic E-state index is -0.549. The van der Waals surface area contributed by atoms with Crippen LogP contribution in [0.15, 0.2) is 67.0 Å². The summed E-state index contributed by atoms with van der Waals surface area (Å²) < 4.78 is 6.82. The Labute approximate surface area is 145 Å². The maximum absolute atomic E-state index is 12.3. The number of ketones is 1. The number of ether oxygens (including phenoxy) is 1. The summed E-state index contributed by atoms with van der Waals surface area (Å²) in [6.45, 7) is 0.197. The van der Waals surface area contributed by atoms with Crippen LogP contribution in [0, 0.1) is 0 Å². The lowest BCUT2D eigenvalue weighted by Gasteiger charge is -2.08. The van der Waals surface area contributed by atoms with E-state index in [0.717, 1.165) is 5.56 Å². The van der Waals surface area contributed by atoms with Gasteiger partial charge in [0, 0.05) is 30.7 Å². The monoisotopic (exact) mass is 335 g/mol. The Hall–Kier alpha value is -3.41. The summed E-state index contributed by atoms with van der Waals surface area (Å²) in [6, 6.07) is 16.0. The predicted molar refractivity (Wildman–Crippen MR) is 93.3 cm³/mol. The van der Waals surface area contributed by atoms with E-state index < -0.39 is 6.09 Å². The van der Waals surface area contributed by atoms with E-state index in [-0.39, 0.29) is 12.4 Å². The van der Waals surface area contributed by atoms with Gasteiger partial charge in [0.15, 0.2) is 5.82 Å². The van der Waals surface area contributed by atoms with Crippen molar-refractivity contribution in [1.29, 1.82) is 0 Å². The van der Waals surface area contributed by atoms with E-state index in [2.05, 4.69) is 10.3 Å². The molecule has 126 valence electrons. The zero-order valence-corrected chi connectivity index (χ0v) is 13.7.